The normalized spacial score (nSPS) is 18.8. The van der Waals surface area contributed by atoms with Crippen molar-refractivity contribution in [3.8, 4) is 11.5 Å². The lowest BCUT2D eigenvalue weighted by Gasteiger charge is -2.39. The van der Waals surface area contributed by atoms with Gasteiger partial charge in [-0.2, -0.15) is 0 Å². The van der Waals surface area contributed by atoms with Crippen LogP contribution >= 0.6 is 0 Å². The van der Waals surface area contributed by atoms with Crippen molar-refractivity contribution in [1.82, 2.24) is 10.2 Å². The average molecular weight is 423 g/mol. The third-order valence-electron chi connectivity index (χ3n) is 5.26. The monoisotopic (exact) mass is 422 g/mol. The number of piperidine rings is 1. The van der Waals surface area contributed by atoms with Crippen LogP contribution in [0.1, 0.15) is 49.9 Å². The number of nitrogens with one attached hydrogen (secondary N) is 1. The zero-order chi connectivity index (χ0) is 22.1. The van der Waals surface area contributed by atoms with E-state index in [9.17, 15) is 9.59 Å². The SMILES string of the molecule is COCCCOc1cc(C(=O)N(C(C)C)[C@@H]2CC[C@H](CC(=O)O)NC2)ccc1OC. The molecule has 0 aromatic heterocycles. The molecule has 8 nitrogen and oxygen atoms in total. The number of nitrogens with zero attached hydrogens (tertiary/aromatic N) is 1. The highest BCUT2D eigenvalue weighted by Crippen LogP contribution is 2.30. The number of aliphatic carboxylic acids is 1. The molecular formula is C22H34N2O6. The topological polar surface area (TPSA) is 97.3 Å². The maximum absolute atomic E-state index is 13.4. The van der Waals surface area contributed by atoms with Gasteiger partial charge in [0.15, 0.2) is 11.5 Å². The van der Waals surface area contributed by atoms with Gasteiger partial charge in [0.25, 0.3) is 5.91 Å². The minimum Gasteiger partial charge on any atom is -0.493 e. The van der Waals surface area contributed by atoms with Crippen LogP contribution in [-0.4, -0.2) is 74.0 Å². The Balaban J connectivity index is 2.12. The van der Waals surface area contributed by atoms with Gasteiger partial charge in [0.05, 0.1) is 20.1 Å². The Morgan fingerprint density at radius 1 is 1.20 bits per heavy atom. The molecule has 2 atom stereocenters. The quantitative estimate of drug-likeness (QED) is 0.529. The van der Waals surface area contributed by atoms with Crippen molar-refractivity contribution in [2.75, 3.05) is 34.0 Å². The van der Waals surface area contributed by atoms with Crippen LogP contribution < -0.4 is 14.8 Å². The molecule has 0 radical (unpaired) electrons. The first-order chi connectivity index (χ1) is 14.4. The molecule has 1 saturated heterocycles. The zero-order valence-electron chi connectivity index (χ0n) is 18.3. The molecule has 1 heterocycles. The summed E-state index contributed by atoms with van der Waals surface area (Å²) in [5.74, 6) is 0.235. The third kappa shape index (κ3) is 6.60. The van der Waals surface area contributed by atoms with Gasteiger partial charge in [-0.25, -0.2) is 0 Å². The van der Waals surface area contributed by atoms with Crippen molar-refractivity contribution >= 4 is 11.9 Å². The Morgan fingerprint density at radius 3 is 2.53 bits per heavy atom. The molecule has 0 saturated carbocycles. The molecular weight excluding hydrogens is 388 g/mol. The molecule has 1 aliphatic heterocycles. The smallest absolute Gasteiger partial charge is 0.304 e. The van der Waals surface area contributed by atoms with Crippen LogP contribution in [0.3, 0.4) is 0 Å². The molecule has 0 bridgehead atoms. The number of hydrogen-bond donors (Lipinski definition) is 2. The first-order valence-corrected chi connectivity index (χ1v) is 10.4. The van der Waals surface area contributed by atoms with Gasteiger partial charge in [-0.15, -0.1) is 0 Å². The Morgan fingerprint density at radius 2 is 1.97 bits per heavy atom. The molecule has 2 rings (SSSR count). The predicted octanol–water partition coefficient (Wildman–Crippen LogP) is 2.56. The molecule has 1 amide bonds. The number of carbonyl (C=O) groups excluding carboxylic acids is 1. The summed E-state index contributed by atoms with van der Waals surface area (Å²) in [6.07, 6.45) is 2.33. The standard InChI is InChI=1S/C22H34N2O6/c1-15(2)24(18-8-7-17(23-14-18)13-21(25)26)22(27)16-6-9-19(29-4)20(12-16)30-11-5-10-28-3/h6,9,12,15,17-18,23H,5,7-8,10-11,13-14H2,1-4H3,(H,25,26)/t17-,18-/m1/s1. The van der Waals surface area contributed by atoms with Crippen LogP contribution in [0.4, 0.5) is 0 Å². The van der Waals surface area contributed by atoms with Crippen LogP contribution in [0, 0.1) is 0 Å². The number of methoxy groups -OCH3 is 2. The number of benzene rings is 1. The van der Waals surface area contributed by atoms with E-state index in [0.29, 0.717) is 36.8 Å². The van der Waals surface area contributed by atoms with E-state index in [0.717, 1.165) is 19.3 Å². The van der Waals surface area contributed by atoms with E-state index in [1.165, 1.54) is 0 Å². The average Bonchev–Trinajstić information content (AvgIpc) is 2.71. The largest absolute Gasteiger partial charge is 0.493 e. The molecule has 168 valence electrons. The fraction of sp³-hybridized carbons (Fsp3) is 0.636. The van der Waals surface area contributed by atoms with Gasteiger partial charge < -0.3 is 29.5 Å². The molecule has 1 aliphatic rings. The van der Waals surface area contributed by atoms with Crippen molar-refractivity contribution in [1.29, 1.82) is 0 Å². The van der Waals surface area contributed by atoms with Gasteiger partial charge in [0.2, 0.25) is 0 Å². The zero-order valence-corrected chi connectivity index (χ0v) is 18.3. The van der Waals surface area contributed by atoms with Crippen LogP contribution in [-0.2, 0) is 9.53 Å². The van der Waals surface area contributed by atoms with Gasteiger partial charge >= 0.3 is 5.97 Å². The van der Waals surface area contributed by atoms with Gasteiger partial charge in [-0.05, 0) is 44.9 Å². The van der Waals surface area contributed by atoms with Crippen LogP contribution in [0.2, 0.25) is 0 Å². The second-order valence-corrected chi connectivity index (χ2v) is 7.80. The van der Waals surface area contributed by atoms with Crippen molar-refractivity contribution in [2.24, 2.45) is 0 Å². The maximum atomic E-state index is 13.4. The molecule has 1 fully saturated rings. The van der Waals surface area contributed by atoms with Gasteiger partial charge in [-0.3, -0.25) is 9.59 Å². The Hall–Kier alpha value is -2.32. The van der Waals surface area contributed by atoms with E-state index in [4.69, 9.17) is 19.3 Å². The summed E-state index contributed by atoms with van der Waals surface area (Å²) >= 11 is 0. The number of carboxylic acids is 1. The summed E-state index contributed by atoms with van der Waals surface area (Å²) in [5.41, 5.74) is 0.541. The van der Waals surface area contributed by atoms with Crippen LogP contribution in [0.5, 0.6) is 11.5 Å². The number of rotatable bonds is 11. The summed E-state index contributed by atoms with van der Waals surface area (Å²) in [6.45, 7) is 5.63. The molecule has 30 heavy (non-hydrogen) atoms. The van der Waals surface area contributed by atoms with E-state index in [1.807, 2.05) is 18.7 Å². The van der Waals surface area contributed by atoms with Crippen molar-refractivity contribution in [3.05, 3.63) is 23.8 Å². The van der Waals surface area contributed by atoms with E-state index < -0.39 is 5.97 Å². The molecule has 1 aromatic rings. The minimum absolute atomic E-state index is 0.00787. The first kappa shape index (κ1) is 24.0. The van der Waals surface area contributed by atoms with Gasteiger partial charge in [0.1, 0.15) is 0 Å². The second-order valence-electron chi connectivity index (χ2n) is 7.80. The molecule has 0 aliphatic carbocycles. The summed E-state index contributed by atoms with van der Waals surface area (Å²) < 4.78 is 16.2. The van der Waals surface area contributed by atoms with Crippen molar-refractivity contribution in [2.45, 2.75) is 57.7 Å². The highest BCUT2D eigenvalue weighted by Gasteiger charge is 2.31. The fourth-order valence-electron chi connectivity index (χ4n) is 3.80. The van der Waals surface area contributed by atoms with E-state index in [-0.39, 0.29) is 30.5 Å². The Labute approximate surface area is 178 Å². The summed E-state index contributed by atoms with van der Waals surface area (Å²) in [5, 5.41) is 12.3. The van der Waals surface area contributed by atoms with Crippen LogP contribution in [0.15, 0.2) is 18.2 Å². The highest BCUT2D eigenvalue weighted by molar-refractivity contribution is 5.95. The molecule has 1 aromatic carbocycles. The number of carbonyl (C=O) groups is 2. The van der Waals surface area contributed by atoms with Crippen molar-refractivity contribution < 1.29 is 28.9 Å². The summed E-state index contributed by atoms with van der Waals surface area (Å²) in [7, 11) is 3.21. The maximum Gasteiger partial charge on any atom is 0.304 e. The molecule has 0 spiro atoms. The lowest BCUT2D eigenvalue weighted by Crippen LogP contribution is -2.54. The van der Waals surface area contributed by atoms with E-state index in [1.54, 1.807) is 32.4 Å². The third-order valence-corrected chi connectivity index (χ3v) is 5.26. The number of amides is 1. The molecule has 8 heteroatoms. The fourth-order valence-corrected chi connectivity index (χ4v) is 3.80. The molecule has 0 unspecified atom stereocenters. The minimum atomic E-state index is -0.806. The number of carboxylic acid groups (broad SMARTS) is 1. The second kappa shape index (κ2) is 11.8. The lowest BCUT2D eigenvalue weighted by atomic mass is 9.96. The summed E-state index contributed by atoms with van der Waals surface area (Å²) in [6, 6.07) is 5.20. The Bertz CT molecular complexity index is 701. The lowest BCUT2D eigenvalue weighted by molar-refractivity contribution is -0.137. The number of hydrogen-bond acceptors (Lipinski definition) is 6. The van der Waals surface area contributed by atoms with Crippen LogP contribution in [0.25, 0.3) is 0 Å². The van der Waals surface area contributed by atoms with E-state index >= 15 is 0 Å². The highest BCUT2D eigenvalue weighted by atomic mass is 16.5. The first-order valence-electron chi connectivity index (χ1n) is 10.4. The Kier molecular flexibility index (Phi) is 9.39. The molecule has 2 N–H and O–H groups in total. The summed E-state index contributed by atoms with van der Waals surface area (Å²) in [4.78, 5) is 26.2. The van der Waals surface area contributed by atoms with Crippen molar-refractivity contribution in [3.63, 3.8) is 0 Å². The van der Waals surface area contributed by atoms with E-state index in [2.05, 4.69) is 5.32 Å². The predicted molar refractivity (Wildman–Crippen MR) is 113 cm³/mol. The number of ether oxygens (including phenoxy) is 3. The van der Waals surface area contributed by atoms with Gasteiger partial charge in [-0.1, -0.05) is 0 Å². The van der Waals surface area contributed by atoms with Gasteiger partial charge in [0, 0.05) is 50.4 Å².